The summed E-state index contributed by atoms with van der Waals surface area (Å²) in [6, 6.07) is 18.4. The zero-order valence-corrected chi connectivity index (χ0v) is 14.7. The number of benzene rings is 3. The number of hydrogen-bond donors (Lipinski definition) is 0. The van der Waals surface area contributed by atoms with Crippen LogP contribution in [0, 0.1) is 15.9 Å². The van der Waals surface area contributed by atoms with Crippen LogP contribution in [-0.4, -0.2) is 14.7 Å². The van der Waals surface area contributed by atoms with E-state index in [1.807, 2.05) is 30.3 Å². The van der Waals surface area contributed by atoms with Crippen LogP contribution in [0.5, 0.6) is 0 Å². The monoisotopic (exact) mass is 381 g/mol. The lowest BCUT2D eigenvalue weighted by atomic mass is 10.1. The van der Waals surface area contributed by atoms with Crippen molar-refractivity contribution in [1.29, 1.82) is 0 Å². The highest BCUT2D eigenvalue weighted by Gasteiger charge is 2.18. The lowest BCUT2D eigenvalue weighted by Gasteiger charge is -2.07. The number of nitrogens with zero attached hydrogens (tertiary/aromatic N) is 3. The molecule has 0 atom stereocenters. The number of aromatic nitrogens is 2. The van der Waals surface area contributed by atoms with E-state index in [-0.39, 0.29) is 12.2 Å². The molecule has 27 heavy (non-hydrogen) atoms. The van der Waals surface area contributed by atoms with Gasteiger partial charge in [-0.25, -0.2) is 4.39 Å². The van der Waals surface area contributed by atoms with E-state index in [0.29, 0.717) is 27.2 Å². The Bertz CT molecular complexity index is 1140. The summed E-state index contributed by atoms with van der Waals surface area (Å²) in [5, 5.41) is 16.7. The summed E-state index contributed by atoms with van der Waals surface area (Å²) in [5.41, 5.74) is 2.38. The molecule has 0 saturated carbocycles. The van der Waals surface area contributed by atoms with E-state index in [1.54, 1.807) is 22.9 Å². The first-order chi connectivity index (χ1) is 13.0. The molecule has 0 aliphatic heterocycles. The average Bonchev–Trinajstić information content (AvgIpc) is 3.03. The Morgan fingerprint density at radius 1 is 1.07 bits per heavy atom. The van der Waals surface area contributed by atoms with Gasteiger partial charge in [-0.3, -0.25) is 14.8 Å². The first-order valence-electron chi connectivity index (χ1n) is 8.18. The largest absolute Gasteiger partial charge is 0.270 e. The molecule has 1 heterocycles. The number of non-ortho nitro benzene ring substituents is 1. The molecule has 4 aromatic rings. The highest BCUT2D eigenvalue weighted by Crippen LogP contribution is 2.32. The van der Waals surface area contributed by atoms with Crippen molar-refractivity contribution in [2.45, 2.75) is 6.54 Å². The minimum absolute atomic E-state index is 0.0249. The first-order valence-corrected chi connectivity index (χ1v) is 8.55. The molecule has 7 heteroatoms. The van der Waals surface area contributed by atoms with Gasteiger partial charge in [-0.2, -0.15) is 5.10 Å². The van der Waals surface area contributed by atoms with Crippen LogP contribution in [0.15, 0.2) is 66.7 Å². The van der Waals surface area contributed by atoms with Gasteiger partial charge in [0.15, 0.2) is 0 Å². The second-order valence-electron chi connectivity index (χ2n) is 6.03. The van der Waals surface area contributed by atoms with Gasteiger partial charge >= 0.3 is 0 Å². The molecule has 0 aliphatic carbocycles. The Hall–Kier alpha value is -3.25. The molecule has 0 fully saturated rings. The van der Waals surface area contributed by atoms with Crippen molar-refractivity contribution in [3.05, 3.63) is 93.2 Å². The van der Waals surface area contributed by atoms with E-state index in [1.165, 1.54) is 18.2 Å². The predicted molar refractivity (Wildman–Crippen MR) is 102 cm³/mol. The van der Waals surface area contributed by atoms with Crippen LogP contribution in [0.3, 0.4) is 0 Å². The maximum absolute atomic E-state index is 14.2. The molecule has 0 amide bonds. The SMILES string of the molecule is O=[N+]([O-])c1ccc2c(c1)c(-c1ccccc1)nn2Cc1c(F)cccc1Cl. The molecule has 0 unspecified atom stereocenters. The number of nitro benzene ring substituents is 1. The van der Waals surface area contributed by atoms with Gasteiger partial charge in [0.1, 0.15) is 11.5 Å². The summed E-state index contributed by atoms with van der Waals surface area (Å²) in [5.74, 6) is -0.422. The van der Waals surface area contributed by atoms with Gasteiger partial charge in [0.2, 0.25) is 0 Å². The van der Waals surface area contributed by atoms with E-state index in [0.717, 1.165) is 5.56 Å². The van der Waals surface area contributed by atoms with Crippen LogP contribution in [0.1, 0.15) is 5.56 Å². The lowest BCUT2D eigenvalue weighted by molar-refractivity contribution is -0.384. The fourth-order valence-electron chi connectivity index (χ4n) is 3.04. The summed E-state index contributed by atoms with van der Waals surface area (Å²) < 4.78 is 15.8. The normalized spacial score (nSPS) is 11.0. The van der Waals surface area contributed by atoms with E-state index in [2.05, 4.69) is 5.10 Å². The zero-order valence-electron chi connectivity index (χ0n) is 14.0. The number of hydrogen-bond acceptors (Lipinski definition) is 3. The van der Waals surface area contributed by atoms with Gasteiger partial charge in [0.25, 0.3) is 5.69 Å². The lowest BCUT2D eigenvalue weighted by Crippen LogP contribution is -2.04. The molecule has 0 N–H and O–H groups in total. The highest BCUT2D eigenvalue weighted by atomic mass is 35.5. The molecule has 134 valence electrons. The van der Waals surface area contributed by atoms with Gasteiger partial charge < -0.3 is 0 Å². The van der Waals surface area contributed by atoms with E-state index in [9.17, 15) is 14.5 Å². The fraction of sp³-hybridized carbons (Fsp3) is 0.0500. The van der Waals surface area contributed by atoms with Crippen LogP contribution < -0.4 is 0 Å². The van der Waals surface area contributed by atoms with E-state index in [4.69, 9.17) is 11.6 Å². The van der Waals surface area contributed by atoms with Crippen molar-refractivity contribution in [2.24, 2.45) is 0 Å². The Morgan fingerprint density at radius 3 is 2.56 bits per heavy atom. The number of halogens is 2. The molecule has 0 radical (unpaired) electrons. The van der Waals surface area contributed by atoms with Crippen molar-refractivity contribution in [1.82, 2.24) is 9.78 Å². The van der Waals surface area contributed by atoms with Crippen LogP contribution in [0.4, 0.5) is 10.1 Å². The van der Waals surface area contributed by atoms with Crippen molar-refractivity contribution < 1.29 is 9.31 Å². The summed E-state index contributed by atoms with van der Waals surface area (Å²) >= 11 is 6.15. The minimum Gasteiger partial charge on any atom is -0.260 e. The van der Waals surface area contributed by atoms with Crippen molar-refractivity contribution in [3.63, 3.8) is 0 Å². The topological polar surface area (TPSA) is 61.0 Å². The third-order valence-corrected chi connectivity index (χ3v) is 4.72. The Balaban J connectivity index is 1.92. The average molecular weight is 382 g/mol. The van der Waals surface area contributed by atoms with E-state index < -0.39 is 10.7 Å². The van der Waals surface area contributed by atoms with Gasteiger partial charge in [-0.1, -0.05) is 48.0 Å². The molecule has 0 spiro atoms. The second-order valence-corrected chi connectivity index (χ2v) is 6.44. The summed E-state index contributed by atoms with van der Waals surface area (Å²) in [7, 11) is 0. The van der Waals surface area contributed by atoms with Gasteiger partial charge in [-0.05, 0) is 18.2 Å². The Morgan fingerprint density at radius 2 is 1.85 bits per heavy atom. The Labute approximate surface area is 158 Å². The highest BCUT2D eigenvalue weighted by molar-refractivity contribution is 6.31. The summed E-state index contributed by atoms with van der Waals surface area (Å²) in [4.78, 5) is 10.7. The van der Waals surface area contributed by atoms with Crippen LogP contribution in [0.2, 0.25) is 5.02 Å². The number of fused-ring (bicyclic) bond motifs is 1. The number of rotatable bonds is 4. The molecule has 0 saturated heterocycles. The molecular weight excluding hydrogens is 369 g/mol. The molecule has 0 bridgehead atoms. The number of nitro groups is 1. The fourth-order valence-corrected chi connectivity index (χ4v) is 3.27. The molecular formula is C20H13ClFN3O2. The molecule has 3 aromatic carbocycles. The predicted octanol–water partition coefficient (Wildman–Crippen LogP) is 5.45. The molecule has 0 aliphatic rings. The zero-order chi connectivity index (χ0) is 19.0. The second kappa shape index (κ2) is 6.81. The van der Waals surface area contributed by atoms with Crippen molar-refractivity contribution in [2.75, 3.05) is 0 Å². The van der Waals surface area contributed by atoms with Crippen molar-refractivity contribution >= 4 is 28.2 Å². The van der Waals surface area contributed by atoms with E-state index >= 15 is 0 Å². The summed E-state index contributed by atoms with van der Waals surface area (Å²) in [6.07, 6.45) is 0. The van der Waals surface area contributed by atoms with Gasteiger partial charge in [-0.15, -0.1) is 0 Å². The van der Waals surface area contributed by atoms with Gasteiger partial charge in [0, 0.05) is 33.7 Å². The standard InChI is InChI=1S/C20H13ClFN3O2/c21-17-7-4-8-18(22)16(17)12-24-19-10-9-14(25(26)27)11-15(19)20(23-24)13-5-2-1-3-6-13/h1-11H,12H2. The van der Waals surface area contributed by atoms with Crippen LogP contribution >= 0.6 is 11.6 Å². The summed E-state index contributed by atoms with van der Waals surface area (Å²) in [6.45, 7) is 0.118. The molecule has 4 rings (SSSR count). The minimum atomic E-state index is -0.445. The smallest absolute Gasteiger partial charge is 0.260 e. The quantitative estimate of drug-likeness (QED) is 0.348. The maximum atomic E-state index is 14.2. The van der Waals surface area contributed by atoms with Crippen LogP contribution in [0.25, 0.3) is 22.2 Å². The molecule has 1 aromatic heterocycles. The van der Waals surface area contributed by atoms with Crippen LogP contribution in [-0.2, 0) is 6.54 Å². The van der Waals surface area contributed by atoms with Crippen molar-refractivity contribution in [3.8, 4) is 11.3 Å². The third-order valence-electron chi connectivity index (χ3n) is 4.36. The third kappa shape index (κ3) is 3.15. The Kier molecular flexibility index (Phi) is 4.33. The maximum Gasteiger partial charge on any atom is 0.270 e. The van der Waals surface area contributed by atoms with Gasteiger partial charge in [0.05, 0.1) is 17.0 Å². The molecule has 5 nitrogen and oxygen atoms in total. The first kappa shape index (κ1) is 17.2.